The third-order valence-corrected chi connectivity index (χ3v) is 6.56. The van der Waals surface area contributed by atoms with E-state index in [2.05, 4.69) is 46.4 Å². The van der Waals surface area contributed by atoms with E-state index in [1.54, 1.807) is 6.20 Å². The Morgan fingerprint density at radius 3 is 2.57 bits per heavy atom. The molecule has 1 atom stereocenters. The minimum absolute atomic E-state index is 0.0979. The molecule has 5 nitrogen and oxygen atoms in total. The Bertz CT molecular complexity index is 847. The van der Waals surface area contributed by atoms with Gasteiger partial charge in [-0.1, -0.05) is 30.7 Å². The fourth-order valence-corrected chi connectivity index (χ4v) is 4.66. The smallest absolute Gasteiger partial charge is 0.257 e. The average Bonchev–Trinajstić information content (AvgIpc) is 2.80. The van der Waals surface area contributed by atoms with Gasteiger partial charge in [0.2, 0.25) is 0 Å². The normalized spacial score (nSPS) is 20.2. The second-order valence-electron chi connectivity index (χ2n) is 8.69. The van der Waals surface area contributed by atoms with Crippen molar-refractivity contribution >= 4 is 11.7 Å². The highest BCUT2D eigenvalue weighted by Gasteiger charge is 2.22. The molecule has 2 aliphatic rings. The van der Waals surface area contributed by atoms with Crippen LogP contribution in [0.25, 0.3) is 0 Å². The second kappa shape index (κ2) is 10.1. The van der Waals surface area contributed by atoms with Gasteiger partial charge in [0.05, 0.1) is 5.56 Å². The number of anilines is 1. The average molecular weight is 407 g/mol. The van der Waals surface area contributed by atoms with Crippen molar-refractivity contribution in [3.63, 3.8) is 0 Å². The molecule has 1 amide bonds. The van der Waals surface area contributed by atoms with Crippen molar-refractivity contribution in [3.8, 4) is 0 Å². The molecule has 0 radical (unpaired) electrons. The van der Waals surface area contributed by atoms with Crippen molar-refractivity contribution in [2.24, 2.45) is 0 Å². The summed E-state index contributed by atoms with van der Waals surface area (Å²) in [7, 11) is 0. The molecule has 3 heterocycles. The number of hydrogen-bond acceptors (Lipinski definition) is 4. The van der Waals surface area contributed by atoms with Crippen LogP contribution in [0.3, 0.4) is 0 Å². The van der Waals surface area contributed by atoms with Crippen LogP contribution >= 0.6 is 0 Å². The van der Waals surface area contributed by atoms with Gasteiger partial charge in [0.25, 0.3) is 5.91 Å². The highest BCUT2D eigenvalue weighted by Crippen LogP contribution is 2.22. The fourth-order valence-electron chi connectivity index (χ4n) is 4.66. The number of nitrogens with one attached hydrogen (secondary N) is 1. The van der Waals surface area contributed by atoms with E-state index in [-0.39, 0.29) is 5.91 Å². The molecule has 0 bridgehead atoms. The summed E-state index contributed by atoms with van der Waals surface area (Å²) in [6.45, 7) is 6.88. The topological polar surface area (TPSA) is 48.5 Å². The van der Waals surface area contributed by atoms with Crippen LogP contribution in [-0.2, 0) is 13.1 Å². The summed E-state index contributed by atoms with van der Waals surface area (Å²) in [6.07, 6.45) is 9.09. The summed E-state index contributed by atoms with van der Waals surface area (Å²) in [5.74, 6) is 0.787. The molecular weight excluding hydrogens is 372 g/mol. The Morgan fingerprint density at radius 1 is 1.00 bits per heavy atom. The standard InChI is InChI=1S/C25H34N4O/c1-20-10-5-8-17-29(20)19-22-12-4-3-11-21(22)18-27-24-23(13-9-14-26-24)25(30)28-15-6-2-7-16-28/h3-4,9,11-14,20H,2,5-8,10,15-19H2,1H3,(H,26,27). The molecule has 1 aromatic heterocycles. The van der Waals surface area contributed by atoms with E-state index in [1.165, 1.54) is 43.4 Å². The lowest BCUT2D eigenvalue weighted by molar-refractivity contribution is 0.0725. The van der Waals surface area contributed by atoms with Gasteiger partial charge in [-0.05, 0) is 68.8 Å². The first-order valence-electron chi connectivity index (χ1n) is 11.5. The highest BCUT2D eigenvalue weighted by molar-refractivity contribution is 5.98. The molecule has 1 aromatic carbocycles. The first kappa shape index (κ1) is 20.9. The van der Waals surface area contributed by atoms with Crippen molar-refractivity contribution in [2.75, 3.05) is 25.0 Å². The van der Waals surface area contributed by atoms with Gasteiger partial charge in [0.1, 0.15) is 5.82 Å². The van der Waals surface area contributed by atoms with Crippen LogP contribution in [-0.4, -0.2) is 46.4 Å². The van der Waals surface area contributed by atoms with Gasteiger partial charge in [-0.3, -0.25) is 9.69 Å². The molecule has 0 saturated carbocycles. The van der Waals surface area contributed by atoms with E-state index < -0.39 is 0 Å². The van der Waals surface area contributed by atoms with Gasteiger partial charge < -0.3 is 10.2 Å². The monoisotopic (exact) mass is 406 g/mol. The quantitative estimate of drug-likeness (QED) is 0.756. The molecule has 2 aromatic rings. The van der Waals surface area contributed by atoms with Crippen LogP contribution in [0.1, 0.15) is 66.9 Å². The summed E-state index contributed by atoms with van der Waals surface area (Å²) in [6, 6.07) is 13.0. The number of likely N-dealkylation sites (tertiary alicyclic amines) is 2. The summed E-state index contributed by atoms with van der Waals surface area (Å²) < 4.78 is 0. The molecular formula is C25H34N4O. The molecule has 2 aliphatic heterocycles. The fraction of sp³-hybridized carbons (Fsp3) is 0.520. The maximum absolute atomic E-state index is 13.0. The Kier molecular flexibility index (Phi) is 7.00. The van der Waals surface area contributed by atoms with E-state index in [0.29, 0.717) is 24.0 Å². The van der Waals surface area contributed by atoms with Crippen molar-refractivity contribution in [3.05, 3.63) is 59.3 Å². The zero-order valence-corrected chi connectivity index (χ0v) is 18.1. The third kappa shape index (κ3) is 5.01. The highest BCUT2D eigenvalue weighted by atomic mass is 16.2. The van der Waals surface area contributed by atoms with Crippen LogP contribution in [0.15, 0.2) is 42.6 Å². The van der Waals surface area contributed by atoms with Crippen LogP contribution < -0.4 is 5.32 Å². The van der Waals surface area contributed by atoms with Gasteiger partial charge in [-0.15, -0.1) is 0 Å². The molecule has 30 heavy (non-hydrogen) atoms. The van der Waals surface area contributed by atoms with Crippen molar-refractivity contribution in [2.45, 2.75) is 64.6 Å². The molecule has 0 spiro atoms. The lowest BCUT2D eigenvalue weighted by Gasteiger charge is -2.33. The number of aromatic nitrogens is 1. The van der Waals surface area contributed by atoms with Gasteiger partial charge in [0, 0.05) is 38.4 Å². The molecule has 2 saturated heterocycles. The Labute approximate surface area is 180 Å². The van der Waals surface area contributed by atoms with Crippen molar-refractivity contribution in [1.29, 1.82) is 0 Å². The summed E-state index contributed by atoms with van der Waals surface area (Å²) in [4.78, 5) is 22.1. The zero-order valence-electron chi connectivity index (χ0n) is 18.1. The summed E-state index contributed by atoms with van der Waals surface area (Å²) in [5, 5.41) is 3.46. The van der Waals surface area contributed by atoms with E-state index >= 15 is 0 Å². The van der Waals surface area contributed by atoms with Gasteiger partial charge in [-0.2, -0.15) is 0 Å². The molecule has 2 fully saturated rings. The lowest BCUT2D eigenvalue weighted by Crippen LogP contribution is -2.37. The summed E-state index contributed by atoms with van der Waals surface area (Å²) >= 11 is 0. The van der Waals surface area contributed by atoms with E-state index in [4.69, 9.17) is 0 Å². The van der Waals surface area contributed by atoms with E-state index in [0.717, 1.165) is 32.5 Å². The number of hydrogen-bond donors (Lipinski definition) is 1. The predicted octanol–water partition coefficient (Wildman–Crippen LogP) is 4.69. The molecule has 1 N–H and O–H groups in total. The molecule has 160 valence electrons. The maximum Gasteiger partial charge on any atom is 0.257 e. The van der Waals surface area contributed by atoms with Crippen LogP contribution in [0.2, 0.25) is 0 Å². The van der Waals surface area contributed by atoms with Gasteiger partial charge in [-0.25, -0.2) is 4.98 Å². The SMILES string of the molecule is CC1CCCCN1Cc1ccccc1CNc1ncccc1C(=O)N1CCCCC1. The zero-order chi connectivity index (χ0) is 20.8. The van der Waals surface area contributed by atoms with E-state index in [9.17, 15) is 4.79 Å². The van der Waals surface area contributed by atoms with Gasteiger partial charge in [0.15, 0.2) is 0 Å². The Balaban J connectivity index is 1.46. The molecule has 0 aliphatic carbocycles. The molecule has 5 heteroatoms. The number of rotatable bonds is 6. The number of nitrogens with zero attached hydrogens (tertiary/aromatic N) is 3. The number of pyridine rings is 1. The number of benzene rings is 1. The van der Waals surface area contributed by atoms with Crippen molar-refractivity contribution < 1.29 is 4.79 Å². The number of carbonyl (C=O) groups is 1. The first-order valence-corrected chi connectivity index (χ1v) is 11.5. The predicted molar refractivity (Wildman–Crippen MR) is 121 cm³/mol. The minimum Gasteiger partial charge on any atom is -0.365 e. The Morgan fingerprint density at radius 2 is 1.77 bits per heavy atom. The second-order valence-corrected chi connectivity index (χ2v) is 8.69. The number of amides is 1. The van der Waals surface area contributed by atoms with Crippen LogP contribution in [0.5, 0.6) is 0 Å². The molecule has 4 rings (SSSR count). The van der Waals surface area contributed by atoms with Crippen LogP contribution in [0, 0.1) is 0 Å². The van der Waals surface area contributed by atoms with Crippen molar-refractivity contribution in [1.82, 2.24) is 14.8 Å². The summed E-state index contributed by atoms with van der Waals surface area (Å²) in [5.41, 5.74) is 3.32. The number of piperidine rings is 2. The number of carbonyl (C=O) groups excluding carboxylic acids is 1. The minimum atomic E-state index is 0.0979. The van der Waals surface area contributed by atoms with E-state index in [1.807, 2.05) is 17.0 Å². The van der Waals surface area contributed by atoms with Crippen LogP contribution in [0.4, 0.5) is 5.82 Å². The third-order valence-electron chi connectivity index (χ3n) is 6.56. The first-order chi connectivity index (χ1) is 14.7. The lowest BCUT2D eigenvalue weighted by atomic mass is 10.0. The largest absolute Gasteiger partial charge is 0.365 e. The maximum atomic E-state index is 13.0. The Hall–Kier alpha value is -2.40. The van der Waals surface area contributed by atoms with Gasteiger partial charge >= 0.3 is 0 Å². The molecule has 1 unspecified atom stereocenters.